The third kappa shape index (κ3) is 4.33. The average Bonchev–Trinajstić information content (AvgIpc) is 2.36. The van der Waals surface area contributed by atoms with E-state index in [-0.39, 0.29) is 17.3 Å². The molecular formula is C13H20N2O3S. The topological polar surface area (TPSA) is 75.3 Å². The van der Waals surface area contributed by atoms with Crippen molar-refractivity contribution >= 4 is 15.9 Å². The lowest BCUT2D eigenvalue weighted by Gasteiger charge is -2.10. The summed E-state index contributed by atoms with van der Waals surface area (Å²) in [5.74, 6) is -0.371. The van der Waals surface area contributed by atoms with Gasteiger partial charge in [-0.05, 0) is 30.5 Å². The number of hydrogen-bond acceptors (Lipinski definition) is 3. The van der Waals surface area contributed by atoms with Gasteiger partial charge in [0.1, 0.15) is 0 Å². The van der Waals surface area contributed by atoms with Crippen molar-refractivity contribution in [2.24, 2.45) is 0 Å². The number of nitrogens with one attached hydrogen (secondary N) is 2. The molecule has 5 nitrogen and oxygen atoms in total. The van der Waals surface area contributed by atoms with E-state index in [1.165, 1.54) is 7.05 Å². The zero-order chi connectivity index (χ0) is 14.5. The van der Waals surface area contributed by atoms with Crippen molar-refractivity contribution in [3.63, 3.8) is 0 Å². The van der Waals surface area contributed by atoms with Crippen LogP contribution in [0.3, 0.4) is 0 Å². The van der Waals surface area contributed by atoms with Gasteiger partial charge in [-0.3, -0.25) is 4.79 Å². The predicted octanol–water partition coefficient (Wildman–Crippen LogP) is 0.972. The Morgan fingerprint density at radius 3 is 2.53 bits per heavy atom. The molecule has 6 heteroatoms. The number of sulfonamides is 1. The lowest BCUT2D eigenvalue weighted by atomic mass is 10.1. The zero-order valence-corrected chi connectivity index (χ0v) is 12.3. The Labute approximate surface area is 114 Å². The predicted molar refractivity (Wildman–Crippen MR) is 74.4 cm³/mol. The molecule has 0 spiro atoms. The smallest absolute Gasteiger partial charge is 0.241 e. The first kappa shape index (κ1) is 15.7. The second kappa shape index (κ2) is 6.68. The molecule has 0 aromatic heterocycles. The van der Waals surface area contributed by atoms with Crippen LogP contribution in [-0.2, 0) is 21.2 Å². The van der Waals surface area contributed by atoms with Gasteiger partial charge in [0.15, 0.2) is 0 Å². The summed E-state index contributed by atoms with van der Waals surface area (Å²) in [6.07, 6.45) is 1.94. The van der Waals surface area contributed by atoms with Gasteiger partial charge in [-0.1, -0.05) is 25.5 Å². The first-order chi connectivity index (χ1) is 8.90. The summed E-state index contributed by atoms with van der Waals surface area (Å²) < 4.78 is 26.4. The molecule has 0 aliphatic carbocycles. The van der Waals surface area contributed by atoms with E-state index >= 15 is 0 Å². The average molecular weight is 284 g/mol. The van der Waals surface area contributed by atoms with Crippen molar-refractivity contribution in [1.29, 1.82) is 0 Å². The maximum Gasteiger partial charge on any atom is 0.241 e. The van der Waals surface area contributed by atoms with E-state index in [9.17, 15) is 13.2 Å². The molecule has 0 heterocycles. The van der Waals surface area contributed by atoms with Crippen molar-refractivity contribution in [1.82, 2.24) is 10.0 Å². The van der Waals surface area contributed by atoms with Gasteiger partial charge in [0.05, 0.1) is 11.4 Å². The third-order valence-corrected chi connectivity index (χ3v) is 4.33. The molecule has 106 valence electrons. The molecule has 0 bridgehead atoms. The van der Waals surface area contributed by atoms with Crippen LogP contribution in [0.4, 0.5) is 0 Å². The fourth-order valence-corrected chi connectivity index (χ4v) is 2.99. The molecule has 1 aromatic carbocycles. The quantitative estimate of drug-likeness (QED) is 0.817. The summed E-state index contributed by atoms with van der Waals surface area (Å²) in [5, 5.41) is 2.36. The van der Waals surface area contributed by atoms with E-state index in [2.05, 4.69) is 17.0 Å². The Bertz CT molecular complexity index is 553. The first-order valence-corrected chi connectivity index (χ1v) is 7.68. The number of carbonyl (C=O) groups excluding carboxylic acids is 1. The summed E-state index contributed by atoms with van der Waals surface area (Å²) in [7, 11) is -2.18. The van der Waals surface area contributed by atoms with Crippen LogP contribution in [-0.4, -0.2) is 27.9 Å². The normalized spacial score (nSPS) is 11.3. The molecular weight excluding hydrogens is 264 g/mol. The second-order valence-electron chi connectivity index (χ2n) is 4.35. The van der Waals surface area contributed by atoms with Crippen molar-refractivity contribution < 1.29 is 13.2 Å². The van der Waals surface area contributed by atoms with E-state index in [0.717, 1.165) is 18.4 Å². The van der Waals surface area contributed by atoms with E-state index in [1.807, 2.05) is 12.1 Å². The van der Waals surface area contributed by atoms with Gasteiger partial charge >= 0.3 is 0 Å². The number of likely N-dealkylation sites (N-methyl/N-ethyl adjacent to an activating group) is 1. The van der Waals surface area contributed by atoms with Crippen LogP contribution in [0, 0.1) is 6.92 Å². The molecule has 0 aliphatic rings. The zero-order valence-electron chi connectivity index (χ0n) is 11.5. The van der Waals surface area contributed by atoms with Gasteiger partial charge in [0.25, 0.3) is 0 Å². The number of hydrogen-bond donors (Lipinski definition) is 2. The van der Waals surface area contributed by atoms with Crippen LogP contribution < -0.4 is 10.0 Å². The summed E-state index contributed by atoms with van der Waals surface area (Å²) in [6, 6.07) is 5.27. The Balaban J connectivity index is 2.92. The van der Waals surface area contributed by atoms with E-state index in [4.69, 9.17) is 0 Å². The molecule has 2 N–H and O–H groups in total. The fraction of sp³-hybridized carbons (Fsp3) is 0.462. The number of carbonyl (C=O) groups is 1. The van der Waals surface area contributed by atoms with Gasteiger partial charge < -0.3 is 5.32 Å². The molecule has 1 amide bonds. The van der Waals surface area contributed by atoms with Crippen molar-refractivity contribution in [3.8, 4) is 0 Å². The van der Waals surface area contributed by atoms with Crippen molar-refractivity contribution in [2.45, 2.75) is 31.6 Å². The molecule has 0 radical (unpaired) electrons. The molecule has 1 rings (SSSR count). The molecule has 1 aromatic rings. The van der Waals surface area contributed by atoms with Crippen molar-refractivity contribution in [2.75, 3.05) is 13.6 Å². The number of aryl methyl sites for hydroxylation is 2. The summed E-state index contributed by atoms with van der Waals surface area (Å²) in [4.78, 5) is 11.3. The van der Waals surface area contributed by atoms with Gasteiger partial charge in [-0.15, -0.1) is 0 Å². The number of rotatable bonds is 6. The van der Waals surface area contributed by atoms with Crippen LogP contribution in [0.2, 0.25) is 0 Å². The SMILES string of the molecule is CCCc1ccc(S(=O)(=O)NCC(=O)NC)c(C)c1. The van der Waals surface area contributed by atoms with Crippen molar-refractivity contribution in [3.05, 3.63) is 29.3 Å². The Hall–Kier alpha value is -1.40. The summed E-state index contributed by atoms with van der Waals surface area (Å²) >= 11 is 0. The van der Waals surface area contributed by atoms with Crippen LogP contribution >= 0.6 is 0 Å². The highest BCUT2D eigenvalue weighted by Gasteiger charge is 2.17. The van der Waals surface area contributed by atoms with E-state index in [1.54, 1.807) is 13.0 Å². The maximum absolute atomic E-state index is 12.1. The summed E-state index contributed by atoms with van der Waals surface area (Å²) in [6.45, 7) is 3.58. The molecule has 0 saturated carbocycles. The molecule has 0 atom stereocenters. The molecule has 19 heavy (non-hydrogen) atoms. The van der Waals surface area contributed by atoms with Crippen LogP contribution in [0.1, 0.15) is 24.5 Å². The largest absolute Gasteiger partial charge is 0.358 e. The van der Waals surface area contributed by atoms with Gasteiger partial charge in [0, 0.05) is 7.05 Å². The molecule has 0 aliphatic heterocycles. The molecule has 0 fully saturated rings. The minimum Gasteiger partial charge on any atom is -0.358 e. The standard InChI is InChI=1S/C13H20N2O3S/c1-4-5-11-6-7-12(10(2)8-11)19(17,18)15-9-13(16)14-3/h6-8,15H,4-5,9H2,1-3H3,(H,14,16). The van der Waals surface area contributed by atoms with E-state index in [0.29, 0.717) is 5.56 Å². The van der Waals surface area contributed by atoms with Gasteiger partial charge in [-0.25, -0.2) is 13.1 Å². The molecule has 0 saturated heterocycles. The molecule has 0 unspecified atom stereocenters. The fourth-order valence-electron chi connectivity index (χ4n) is 1.78. The van der Waals surface area contributed by atoms with Crippen LogP contribution in [0.15, 0.2) is 23.1 Å². The highest BCUT2D eigenvalue weighted by Crippen LogP contribution is 2.17. The number of amides is 1. The van der Waals surface area contributed by atoms with E-state index < -0.39 is 10.0 Å². The first-order valence-electron chi connectivity index (χ1n) is 6.20. The second-order valence-corrected chi connectivity index (χ2v) is 6.08. The van der Waals surface area contributed by atoms with Crippen LogP contribution in [0.25, 0.3) is 0 Å². The Kier molecular flexibility index (Phi) is 5.50. The Morgan fingerprint density at radius 1 is 1.32 bits per heavy atom. The number of benzene rings is 1. The van der Waals surface area contributed by atoms with Gasteiger partial charge in [0.2, 0.25) is 15.9 Å². The van der Waals surface area contributed by atoms with Crippen LogP contribution in [0.5, 0.6) is 0 Å². The minimum atomic E-state index is -3.64. The minimum absolute atomic E-state index is 0.219. The Morgan fingerprint density at radius 2 is 2.00 bits per heavy atom. The lowest BCUT2D eigenvalue weighted by molar-refractivity contribution is -0.119. The maximum atomic E-state index is 12.1. The highest BCUT2D eigenvalue weighted by molar-refractivity contribution is 7.89. The highest BCUT2D eigenvalue weighted by atomic mass is 32.2. The summed E-state index contributed by atoms with van der Waals surface area (Å²) in [5.41, 5.74) is 1.81. The third-order valence-electron chi connectivity index (χ3n) is 2.77. The van der Waals surface area contributed by atoms with Gasteiger partial charge in [-0.2, -0.15) is 0 Å². The monoisotopic (exact) mass is 284 g/mol. The lowest BCUT2D eigenvalue weighted by Crippen LogP contribution is -2.35.